The molecule has 0 aliphatic carbocycles. The van der Waals surface area contributed by atoms with Crippen molar-refractivity contribution in [3.05, 3.63) is 33.8 Å². The topological polar surface area (TPSA) is 61.4 Å². The summed E-state index contributed by atoms with van der Waals surface area (Å²) in [6, 6.07) is 5.22. The Labute approximate surface area is 133 Å². The van der Waals surface area contributed by atoms with E-state index in [4.69, 9.17) is 23.2 Å². The van der Waals surface area contributed by atoms with E-state index in [1.54, 1.807) is 0 Å². The highest BCUT2D eigenvalue weighted by Crippen LogP contribution is 2.25. The van der Waals surface area contributed by atoms with Crippen LogP contribution in [-0.2, 0) is 11.2 Å². The van der Waals surface area contributed by atoms with Gasteiger partial charge >= 0.3 is 6.03 Å². The number of nitrogens with one attached hydrogen (secondary N) is 2. The number of imide groups is 1. The maximum absolute atomic E-state index is 11.4. The van der Waals surface area contributed by atoms with E-state index >= 15 is 0 Å². The van der Waals surface area contributed by atoms with E-state index in [0.29, 0.717) is 29.6 Å². The predicted octanol–water partition coefficient (Wildman–Crippen LogP) is 2.07. The molecule has 7 heteroatoms. The molecule has 1 saturated heterocycles. The van der Waals surface area contributed by atoms with Crippen LogP contribution in [0.25, 0.3) is 0 Å². The number of carbonyl (C=O) groups excluding carboxylic acids is 2. The third kappa shape index (κ3) is 4.09. The Balaban J connectivity index is 1.81. The molecule has 0 saturated carbocycles. The molecule has 1 aliphatic heterocycles. The van der Waals surface area contributed by atoms with E-state index in [9.17, 15) is 9.59 Å². The van der Waals surface area contributed by atoms with Gasteiger partial charge in [0.25, 0.3) is 0 Å². The molecule has 1 heterocycles. The fraction of sp³-hybridized carbons (Fsp3) is 0.429. The van der Waals surface area contributed by atoms with Gasteiger partial charge in [-0.1, -0.05) is 29.3 Å². The Hall–Kier alpha value is -1.30. The van der Waals surface area contributed by atoms with Gasteiger partial charge in [0.2, 0.25) is 5.91 Å². The van der Waals surface area contributed by atoms with Gasteiger partial charge < -0.3 is 10.6 Å². The summed E-state index contributed by atoms with van der Waals surface area (Å²) in [5.41, 5.74) is 0.899. The van der Waals surface area contributed by atoms with Gasteiger partial charge in [0.05, 0.1) is 6.54 Å². The second kappa shape index (κ2) is 7.11. The van der Waals surface area contributed by atoms with Gasteiger partial charge in [-0.15, -0.1) is 0 Å². The van der Waals surface area contributed by atoms with Crippen molar-refractivity contribution in [2.45, 2.75) is 19.4 Å². The second-order valence-corrected chi connectivity index (χ2v) is 5.78. The molecule has 1 atom stereocenters. The fourth-order valence-corrected chi connectivity index (χ4v) is 2.76. The Morgan fingerprint density at radius 3 is 2.57 bits per heavy atom. The Kier molecular flexibility index (Phi) is 5.45. The highest BCUT2D eigenvalue weighted by atomic mass is 35.5. The molecule has 2 N–H and O–H groups in total. The number of hydrogen-bond acceptors (Lipinski definition) is 3. The van der Waals surface area contributed by atoms with Crippen LogP contribution in [0.2, 0.25) is 10.0 Å². The van der Waals surface area contributed by atoms with Crippen molar-refractivity contribution in [3.63, 3.8) is 0 Å². The lowest BCUT2D eigenvalue weighted by atomic mass is 10.1. The van der Waals surface area contributed by atoms with Crippen molar-refractivity contribution in [2.24, 2.45) is 0 Å². The number of rotatable bonds is 6. The molecule has 21 heavy (non-hydrogen) atoms. The van der Waals surface area contributed by atoms with Crippen LogP contribution in [-0.4, -0.2) is 42.5 Å². The molecule has 1 fully saturated rings. The average molecular weight is 330 g/mol. The number of hydrogen-bond donors (Lipinski definition) is 2. The molecule has 1 aromatic rings. The lowest BCUT2D eigenvalue weighted by Gasteiger charge is -2.18. The molecule has 1 aliphatic rings. The van der Waals surface area contributed by atoms with Gasteiger partial charge in [0.1, 0.15) is 0 Å². The summed E-state index contributed by atoms with van der Waals surface area (Å²) in [6.45, 7) is 2.98. The highest BCUT2D eigenvalue weighted by Gasteiger charge is 2.27. The summed E-state index contributed by atoms with van der Waals surface area (Å²) >= 11 is 12.3. The zero-order valence-electron chi connectivity index (χ0n) is 11.7. The van der Waals surface area contributed by atoms with Gasteiger partial charge in [0.15, 0.2) is 0 Å². The summed E-state index contributed by atoms with van der Waals surface area (Å²) in [6.07, 6.45) is 0.679. The van der Waals surface area contributed by atoms with E-state index in [-0.39, 0.29) is 24.5 Å². The van der Waals surface area contributed by atoms with Gasteiger partial charge in [-0.2, -0.15) is 0 Å². The van der Waals surface area contributed by atoms with Gasteiger partial charge in [0, 0.05) is 29.2 Å². The molecular formula is C14H17Cl2N3O2. The summed E-state index contributed by atoms with van der Waals surface area (Å²) < 4.78 is 0. The summed E-state index contributed by atoms with van der Waals surface area (Å²) in [7, 11) is 0. The number of benzene rings is 1. The normalized spacial score (nSPS) is 16.2. The smallest absolute Gasteiger partial charge is 0.324 e. The molecule has 2 rings (SSSR count). The van der Waals surface area contributed by atoms with Crippen LogP contribution in [0, 0.1) is 0 Å². The van der Waals surface area contributed by atoms with E-state index in [1.165, 1.54) is 4.90 Å². The van der Waals surface area contributed by atoms with Crippen molar-refractivity contribution in [3.8, 4) is 0 Å². The van der Waals surface area contributed by atoms with Crippen molar-refractivity contribution < 1.29 is 9.59 Å². The fourth-order valence-electron chi connectivity index (χ4n) is 2.21. The third-order valence-electron chi connectivity index (χ3n) is 3.34. The number of carbonyl (C=O) groups is 2. The van der Waals surface area contributed by atoms with Crippen LogP contribution in [0.15, 0.2) is 18.2 Å². The first-order valence-corrected chi connectivity index (χ1v) is 7.49. The van der Waals surface area contributed by atoms with Crippen LogP contribution >= 0.6 is 23.2 Å². The van der Waals surface area contributed by atoms with Crippen molar-refractivity contribution in [1.29, 1.82) is 0 Å². The molecule has 0 bridgehead atoms. The Morgan fingerprint density at radius 1 is 1.33 bits per heavy atom. The average Bonchev–Trinajstić information content (AvgIpc) is 2.75. The van der Waals surface area contributed by atoms with Crippen LogP contribution in [0.3, 0.4) is 0 Å². The molecule has 3 amide bonds. The summed E-state index contributed by atoms with van der Waals surface area (Å²) in [5, 5.41) is 7.04. The van der Waals surface area contributed by atoms with E-state index in [1.807, 2.05) is 25.1 Å². The first kappa shape index (κ1) is 16.1. The second-order valence-electron chi connectivity index (χ2n) is 4.96. The quantitative estimate of drug-likeness (QED) is 0.785. The molecule has 0 unspecified atom stereocenters. The zero-order valence-corrected chi connectivity index (χ0v) is 13.2. The Morgan fingerprint density at radius 2 is 2.00 bits per heavy atom. The number of halogens is 2. The monoisotopic (exact) mass is 329 g/mol. The van der Waals surface area contributed by atoms with Crippen LogP contribution in [0.5, 0.6) is 0 Å². The Bertz CT molecular complexity index is 515. The van der Waals surface area contributed by atoms with E-state index in [0.717, 1.165) is 5.56 Å². The molecule has 0 aromatic heterocycles. The first-order valence-electron chi connectivity index (χ1n) is 6.73. The van der Waals surface area contributed by atoms with Gasteiger partial charge in [-0.05, 0) is 31.0 Å². The van der Waals surface area contributed by atoms with Crippen LogP contribution in [0.4, 0.5) is 4.79 Å². The lowest BCUT2D eigenvalue weighted by Crippen LogP contribution is -2.40. The van der Waals surface area contributed by atoms with Crippen molar-refractivity contribution in [1.82, 2.24) is 15.5 Å². The maximum atomic E-state index is 11.4. The van der Waals surface area contributed by atoms with Gasteiger partial charge in [-0.3, -0.25) is 9.69 Å². The van der Waals surface area contributed by atoms with Crippen LogP contribution in [0.1, 0.15) is 12.5 Å². The van der Waals surface area contributed by atoms with E-state index < -0.39 is 0 Å². The van der Waals surface area contributed by atoms with Crippen LogP contribution < -0.4 is 10.6 Å². The van der Waals surface area contributed by atoms with E-state index in [2.05, 4.69) is 10.6 Å². The summed E-state index contributed by atoms with van der Waals surface area (Å²) in [4.78, 5) is 24.0. The van der Waals surface area contributed by atoms with Gasteiger partial charge in [-0.25, -0.2) is 4.79 Å². The molecule has 1 aromatic carbocycles. The molecular weight excluding hydrogens is 313 g/mol. The maximum Gasteiger partial charge on any atom is 0.324 e. The van der Waals surface area contributed by atoms with Crippen molar-refractivity contribution in [2.75, 3.05) is 19.6 Å². The first-order chi connectivity index (χ1) is 9.99. The highest BCUT2D eigenvalue weighted by molar-refractivity contribution is 6.36. The minimum Gasteiger partial charge on any atom is -0.329 e. The number of amides is 3. The third-order valence-corrected chi connectivity index (χ3v) is 4.05. The number of nitrogens with zero attached hydrogens (tertiary/aromatic N) is 1. The standard InChI is InChI=1S/C14H17Cl2N3O2/c1-9(7-10-11(15)3-2-4-12(10)16)17-5-6-19-13(20)8-18-14(19)21/h2-4,9,17H,5-8H2,1H3,(H,18,21)/t9-/m1/s1. The zero-order chi connectivity index (χ0) is 15.4. The molecule has 0 radical (unpaired) electrons. The molecule has 0 spiro atoms. The predicted molar refractivity (Wildman–Crippen MR) is 82.7 cm³/mol. The lowest BCUT2D eigenvalue weighted by molar-refractivity contribution is -0.124. The number of urea groups is 1. The minimum absolute atomic E-state index is 0.0869. The molecule has 5 nitrogen and oxygen atoms in total. The molecule has 114 valence electrons. The SMILES string of the molecule is C[C@H](Cc1c(Cl)cccc1Cl)NCCN1C(=O)CNC1=O. The summed E-state index contributed by atoms with van der Waals surface area (Å²) in [5.74, 6) is -0.191. The van der Waals surface area contributed by atoms with Crippen molar-refractivity contribution >= 4 is 35.1 Å². The largest absolute Gasteiger partial charge is 0.329 e. The minimum atomic E-state index is -0.330.